The van der Waals surface area contributed by atoms with E-state index >= 15 is 0 Å². The molecule has 15 heavy (non-hydrogen) atoms. The molecule has 0 aliphatic heterocycles. The molecule has 0 aliphatic rings. The monoisotopic (exact) mass is 289 g/mol. The van der Waals surface area contributed by atoms with Gasteiger partial charge < -0.3 is 15.2 Å². The minimum Gasteiger partial charge on any atom is -0.490 e. The summed E-state index contributed by atoms with van der Waals surface area (Å²) in [5, 5.41) is 0. The molecule has 0 spiro atoms. The average molecular weight is 290 g/mol. The summed E-state index contributed by atoms with van der Waals surface area (Å²) < 4.78 is 11.3. The Kier molecular flexibility index (Phi) is 5.01. The lowest BCUT2D eigenvalue weighted by atomic mass is 10.2. The lowest BCUT2D eigenvalue weighted by Crippen LogP contribution is -2.13. The van der Waals surface area contributed by atoms with Crippen molar-refractivity contribution in [1.29, 1.82) is 0 Å². The summed E-state index contributed by atoms with van der Waals surface area (Å²) in [6.07, 6.45) is 0. The van der Waals surface area contributed by atoms with Crippen molar-refractivity contribution < 1.29 is 9.47 Å². The van der Waals surface area contributed by atoms with Crippen molar-refractivity contribution >= 4 is 33.1 Å². The van der Waals surface area contributed by atoms with Gasteiger partial charge in [0.25, 0.3) is 0 Å². The molecule has 3 nitrogen and oxygen atoms in total. The van der Waals surface area contributed by atoms with E-state index in [0.29, 0.717) is 24.0 Å². The first-order valence-corrected chi connectivity index (χ1v) is 5.56. The van der Waals surface area contributed by atoms with Gasteiger partial charge in [-0.15, -0.1) is 0 Å². The number of nitrogens with two attached hydrogens (primary N) is 1. The highest BCUT2D eigenvalue weighted by molar-refractivity contribution is 9.10. The second kappa shape index (κ2) is 6.05. The number of hydrogen-bond donors (Lipinski definition) is 1. The molecule has 0 fully saturated rings. The van der Waals surface area contributed by atoms with Gasteiger partial charge in [0.15, 0.2) is 0 Å². The summed E-state index contributed by atoms with van der Waals surface area (Å²) >= 11 is 8.28. The summed E-state index contributed by atoms with van der Waals surface area (Å²) in [7, 11) is 1.62. The minimum absolute atomic E-state index is 0.323. The molecule has 0 amide bonds. The highest BCUT2D eigenvalue weighted by atomic mass is 79.9. The molecule has 5 heteroatoms. The van der Waals surface area contributed by atoms with Crippen molar-refractivity contribution in [2.45, 2.75) is 0 Å². The van der Waals surface area contributed by atoms with Crippen molar-refractivity contribution in [1.82, 2.24) is 0 Å². The molecule has 2 N–H and O–H groups in total. The maximum absolute atomic E-state index is 5.59. The fraction of sp³-hybridized carbons (Fsp3) is 0.300. The van der Waals surface area contributed by atoms with Gasteiger partial charge in [0, 0.05) is 11.6 Å². The predicted octanol–water partition coefficient (Wildman–Crippen LogP) is 2.11. The van der Waals surface area contributed by atoms with Crippen LogP contribution in [0.25, 0.3) is 0 Å². The Morgan fingerprint density at radius 1 is 1.47 bits per heavy atom. The number of rotatable bonds is 5. The van der Waals surface area contributed by atoms with E-state index in [4.69, 9.17) is 27.4 Å². The van der Waals surface area contributed by atoms with Crippen molar-refractivity contribution in [2.75, 3.05) is 20.3 Å². The second-order valence-electron chi connectivity index (χ2n) is 2.85. The van der Waals surface area contributed by atoms with E-state index in [9.17, 15) is 0 Å². The first kappa shape index (κ1) is 12.4. The highest BCUT2D eigenvalue weighted by Crippen LogP contribution is 2.23. The standard InChI is InChI=1S/C10H12BrNO2S/c1-13-4-5-14-9-3-2-7(11)6-8(9)10(12)15/h2-3,6H,4-5H2,1H3,(H2,12,15). The maximum Gasteiger partial charge on any atom is 0.129 e. The Hall–Kier alpha value is -0.650. The molecule has 0 atom stereocenters. The number of halogens is 1. The van der Waals surface area contributed by atoms with E-state index in [1.165, 1.54) is 0 Å². The van der Waals surface area contributed by atoms with Gasteiger partial charge in [-0.2, -0.15) is 0 Å². The molecule has 0 unspecified atom stereocenters. The normalized spacial score (nSPS) is 10.0. The van der Waals surface area contributed by atoms with Gasteiger partial charge in [-0.3, -0.25) is 0 Å². The van der Waals surface area contributed by atoms with Crippen LogP contribution in [0.3, 0.4) is 0 Å². The zero-order valence-corrected chi connectivity index (χ0v) is 10.7. The molecule has 0 aliphatic carbocycles. The highest BCUT2D eigenvalue weighted by Gasteiger charge is 2.06. The van der Waals surface area contributed by atoms with Crippen LogP contribution in [0.2, 0.25) is 0 Å². The molecule has 0 radical (unpaired) electrons. The lowest BCUT2D eigenvalue weighted by Gasteiger charge is -2.10. The zero-order chi connectivity index (χ0) is 11.3. The van der Waals surface area contributed by atoms with Crippen LogP contribution in [0.1, 0.15) is 5.56 Å². The van der Waals surface area contributed by atoms with Crippen molar-refractivity contribution in [3.05, 3.63) is 28.2 Å². The van der Waals surface area contributed by atoms with Gasteiger partial charge in [0.2, 0.25) is 0 Å². The van der Waals surface area contributed by atoms with Crippen LogP contribution in [0.4, 0.5) is 0 Å². The Balaban J connectivity index is 2.81. The lowest BCUT2D eigenvalue weighted by molar-refractivity contribution is 0.146. The Morgan fingerprint density at radius 3 is 2.80 bits per heavy atom. The SMILES string of the molecule is COCCOc1ccc(Br)cc1C(N)=S. The van der Waals surface area contributed by atoms with Gasteiger partial charge in [0.05, 0.1) is 12.2 Å². The van der Waals surface area contributed by atoms with E-state index < -0.39 is 0 Å². The first-order valence-electron chi connectivity index (χ1n) is 4.36. The second-order valence-corrected chi connectivity index (χ2v) is 4.20. The van der Waals surface area contributed by atoms with Crippen LogP contribution in [0.15, 0.2) is 22.7 Å². The molecular formula is C10H12BrNO2S. The summed E-state index contributed by atoms with van der Waals surface area (Å²) in [5.41, 5.74) is 6.32. The van der Waals surface area contributed by atoms with Crippen LogP contribution in [0.5, 0.6) is 5.75 Å². The number of ether oxygens (including phenoxy) is 2. The van der Waals surface area contributed by atoms with Crippen molar-refractivity contribution in [3.63, 3.8) is 0 Å². The van der Waals surface area contributed by atoms with E-state index in [-0.39, 0.29) is 0 Å². The molecular weight excluding hydrogens is 278 g/mol. The predicted molar refractivity (Wildman–Crippen MR) is 67.4 cm³/mol. The molecule has 0 heterocycles. The Labute approximate surface area is 103 Å². The molecule has 1 aromatic rings. The van der Waals surface area contributed by atoms with Crippen molar-refractivity contribution in [2.24, 2.45) is 5.73 Å². The van der Waals surface area contributed by atoms with E-state index in [1.54, 1.807) is 7.11 Å². The van der Waals surface area contributed by atoms with Gasteiger partial charge >= 0.3 is 0 Å². The molecule has 0 saturated heterocycles. The summed E-state index contributed by atoms with van der Waals surface area (Å²) in [6.45, 7) is 1.01. The fourth-order valence-electron chi connectivity index (χ4n) is 1.06. The molecule has 1 rings (SSSR count). The molecule has 0 aromatic heterocycles. The van der Waals surface area contributed by atoms with Crippen LogP contribution in [0, 0.1) is 0 Å². The number of benzene rings is 1. The van der Waals surface area contributed by atoms with Gasteiger partial charge in [-0.1, -0.05) is 28.1 Å². The van der Waals surface area contributed by atoms with Crippen molar-refractivity contribution in [3.8, 4) is 5.75 Å². The van der Waals surface area contributed by atoms with Crippen LogP contribution in [-0.2, 0) is 4.74 Å². The molecule has 1 aromatic carbocycles. The van der Waals surface area contributed by atoms with Gasteiger partial charge in [-0.05, 0) is 18.2 Å². The third kappa shape index (κ3) is 3.77. The molecule has 0 saturated carbocycles. The summed E-state index contributed by atoms with van der Waals surface area (Å²) in [4.78, 5) is 0.323. The van der Waals surface area contributed by atoms with Crippen LogP contribution in [-0.4, -0.2) is 25.3 Å². The summed E-state index contributed by atoms with van der Waals surface area (Å²) in [6, 6.07) is 5.54. The average Bonchev–Trinajstić information content (AvgIpc) is 2.20. The maximum atomic E-state index is 5.59. The number of methoxy groups -OCH3 is 1. The quantitative estimate of drug-likeness (QED) is 0.666. The van der Waals surface area contributed by atoms with Gasteiger partial charge in [-0.25, -0.2) is 0 Å². The number of thiocarbonyl (C=S) groups is 1. The van der Waals surface area contributed by atoms with E-state index in [0.717, 1.165) is 10.0 Å². The topological polar surface area (TPSA) is 44.5 Å². The number of hydrogen-bond acceptors (Lipinski definition) is 3. The molecule has 82 valence electrons. The van der Waals surface area contributed by atoms with Crippen LogP contribution >= 0.6 is 28.1 Å². The van der Waals surface area contributed by atoms with E-state index in [1.807, 2.05) is 18.2 Å². The fourth-order valence-corrected chi connectivity index (χ4v) is 1.58. The summed E-state index contributed by atoms with van der Waals surface area (Å²) in [5.74, 6) is 0.683. The molecule has 0 bridgehead atoms. The Morgan fingerprint density at radius 2 is 2.20 bits per heavy atom. The minimum atomic E-state index is 0.323. The third-order valence-electron chi connectivity index (χ3n) is 1.75. The first-order chi connectivity index (χ1) is 7.15. The van der Waals surface area contributed by atoms with Gasteiger partial charge in [0.1, 0.15) is 17.3 Å². The largest absolute Gasteiger partial charge is 0.490 e. The van der Waals surface area contributed by atoms with Crippen LogP contribution < -0.4 is 10.5 Å². The Bertz CT molecular complexity index is 357. The zero-order valence-electron chi connectivity index (χ0n) is 8.33. The van der Waals surface area contributed by atoms with E-state index in [2.05, 4.69) is 15.9 Å². The third-order valence-corrected chi connectivity index (χ3v) is 2.47. The smallest absolute Gasteiger partial charge is 0.129 e.